The van der Waals surface area contributed by atoms with E-state index in [1.165, 1.54) is 19.8 Å². The zero-order valence-corrected chi connectivity index (χ0v) is 11.8. The van der Waals surface area contributed by atoms with Crippen LogP contribution in [0.2, 0.25) is 0 Å². The Morgan fingerprint density at radius 1 is 1.25 bits per heavy atom. The number of piperazine rings is 1. The summed E-state index contributed by atoms with van der Waals surface area (Å²) in [6.07, 6.45) is 2.15. The number of carbonyl (C=O) groups is 2. The predicted octanol–water partition coefficient (Wildman–Crippen LogP) is -0.298. The molecule has 3 N–H and O–H groups in total. The fourth-order valence-corrected chi connectivity index (χ4v) is 2.50. The molecule has 2 amide bonds. The molecule has 0 aromatic heterocycles. The molecule has 20 heavy (non-hydrogen) atoms. The first kappa shape index (κ1) is 15.1. The van der Waals surface area contributed by atoms with Gasteiger partial charge in [-0.3, -0.25) is 9.69 Å². The molecule has 0 spiro atoms. The van der Waals surface area contributed by atoms with Crippen molar-refractivity contribution in [3.8, 4) is 0 Å². The van der Waals surface area contributed by atoms with E-state index < -0.39 is 11.6 Å². The number of amides is 2. The van der Waals surface area contributed by atoms with Crippen LogP contribution < -0.4 is 5.32 Å². The molecule has 1 atom stereocenters. The minimum Gasteiger partial charge on any atom is -0.481 e. The number of urea groups is 1. The van der Waals surface area contributed by atoms with Gasteiger partial charge in [-0.25, -0.2) is 4.79 Å². The highest BCUT2D eigenvalue weighted by Crippen LogP contribution is 2.27. The third kappa shape index (κ3) is 4.35. The minimum atomic E-state index is -1.42. The van der Waals surface area contributed by atoms with Crippen LogP contribution in [0, 0.1) is 0 Å². The second-order valence-electron chi connectivity index (χ2n) is 5.98. The lowest BCUT2D eigenvalue weighted by Crippen LogP contribution is -2.54. The number of rotatable bonds is 5. The molecule has 1 aliphatic carbocycles. The van der Waals surface area contributed by atoms with Gasteiger partial charge in [0.05, 0.1) is 12.0 Å². The largest absolute Gasteiger partial charge is 0.481 e. The molecule has 0 bridgehead atoms. The van der Waals surface area contributed by atoms with Crippen LogP contribution in [0.5, 0.6) is 0 Å². The molecule has 1 aliphatic heterocycles. The van der Waals surface area contributed by atoms with Gasteiger partial charge in [0.25, 0.3) is 0 Å². The molecule has 7 heteroatoms. The first-order valence-corrected chi connectivity index (χ1v) is 7.08. The average molecular weight is 285 g/mol. The van der Waals surface area contributed by atoms with Gasteiger partial charge in [-0.15, -0.1) is 0 Å². The van der Waals surface area contributed by atoms with E-state index in [0.29, 0.717) is 13.1 Å². The summed E-state index contributed by atoms with van der Waals surface area (Å²) in [6, 6.07) is 0.489. The molecule has 1 unspecified atom stereocenters. The number of carboxylic acid groups (broad SMARTS) is 1. The summed E-state index contributed by atoms with van der Waals surface area (Å²) in [4.78, 5) is 26.7. The van der Waals surface area contributed by atoms with Crippen molar-refractivity contribution in [2.75, 3.05) is 32.7 Å². The van der Waals surface area contributed by atoms with E-state index in [-0.39, 0.29) is 19.0 Å². The Kier molecular flexibility index (Phi) is 4.49. The first-order valence-electron chi connectivity index (χ1n) is 7.08. The molecule has 1 heterocycles. The average Bonchev–Trinajstić information content (AvgIpc) is 3.19. The van der Waals surface area contributed by atoms with E-state index in [9.17, 15) is 14.7 Å². The van der Waals surface area contributed by atoms with Crippen LogP contribution in [0.25, 0.3) is 0 Å². The van der Waals surface area contributed by atoms with E-state index in [1.54, 1.807) is 4.90 Å². The normalized spacial score (nSPS) is 23.2. The lowest BCUT2D eigenvalue weighted by molar-refractivity contribution is -0.141. The number of hydrogen-bond donors (Lipinski definition) is 3. The smallest absolute Gasteiger partial charge is 0.317 e. The van der Waals surface area contributed by atoms with E-state index >= 15 is 0 Å². The van der Waals surface area contributed by atoms with Gasteiger partial charge in [-0.1, -0.05) is 0 Å². The van der Waals surface area contributed by atoms with Crippen LogP contribution in [0.4, 0.5) is 4.79 Å². The molecule has 2 rings (SSSR count). The minimum absolute atomic E-state index is 0.0546. The molecular weight excluding hydrogens is 262 g/mol. The second kappa shape index (κ2) is 5.97. The zero-order chi connectivity index (χ0) is 14.8. The topological polar surface area (TPSA) is 93.1 Å². The maximum absolute atomic E-state index is 12.0. The Hall–Kier alpha value is -1.34. The summed E-state index contributed by atoms with van der Waals surface area (Å²) in [7, 11) is 0. The maximum Gasteiger partial charge on any atom is 0.317 e. The third-order valence-corrected chi connectivity index (χ3v) is 3.82. The molecule has 2 aliphatic rings. The summed E-state index contributed by atoms with van der Waals surface area (Å²) < 4.78 is 0. The Balaban J connectivity index is 1.71. The summed E-state index contributed by atoms with van der Waals surface area (Å²) in [5.41, 5.74) is -1.42. The number of aliphatic hydroxyl groups is 1. The van der Waals surface area contributed by atoms with Gasteiger partial charge >= 0.3 is 12.0 Å². The lowest BCUT2D eigenvalue weighted by Gasteiger charge is -2.35. The van der Waals surface area contributed by atoms with E-state index in [4.69, 9.17) is 5.11 Å². The van der Waals surface area contributed by atoms with Crippen LogP contribution in [0.1, 0.15) is 26.2 Å². The number of aliphatic carboxylic acids is 1. The molecule has 7 nitrogen and oxygen atoms in total. The summed E-state index contributed by atoms with van der Waals surface area (Å²) in [5, 5.41) is 21.1. The molecule has 1 saturated heterocycles. The number of carbonyl (C=O) groups excluding carboxylic acids is 1. The Bertz CT molecular complexity index is 374. The van der Waals surface area contributed by atoms with Crippen LogP contribution in [0.3, 0.4) is 0 Å². The molecule has 2 fully saturated rings. The number of carboxylic acids is 1. The predicted molar refractivity (Wildman–Crippen MR) is 72.4 cm³/mol. The van der Waals surface area contributed by atoms with Crippen molar-refractivity contribution in [1.29, 1.82) is 0 Å². The number of nitrogens with one attached hydrogen (secondary N) is 1. The fraction of sp³-hybridized carbons (Fsp3) is 0.846. The molecule has 0 radical (unpaired) electrons. The van der Waals surface area contributed by atoms with E-state index in [2.05, 4.69) is 10.2 Å². The summed E-state index contributed by atoms with van der Waals surface area (Å²) in [5.74, 6) is -1.08. The summed E-state index contributed by atoms with van der Waals surface area (Å²) >= 11 is 0. The van der Waals surface area contributed by atoms with Crippen LogP contribution in [-0.4, -0.2) is 76.4 Å². The number of hydrogen-bond acceptors (Lipinski definition) is 4. The monoisotopic (exact) mass is 285 g/mol. The van der Waals surface area contributed by atoms with Gasteiger partial charge in [0.2, 0.25) is 0 Å². The van der Waals surface area contributed by atoms with E-state index in [1.807, 2.05) is 0 Å². The summed E-state index contributed by atoms with van der Waals surface area (Å²) in [6.45, 7) is 4.51. The van der Waals surface area contributed by atoms with Crippen LogP contribution >= 0.6 is 0 Å². The number of nitrogens with zero attached hydrogens (tertiary/aromatic N) is 2. The van der Waals surface area contributed by atoms with Gasteiger partial charge in [0, 0.05) is 38.8 Å². The molecule has 1 saturated carbocycles. The van der Waals surface area contributed by atoms with Crippen molar-refractivity contribution >= 4 is 12.0 Å². The van der Waals surface area contributed by atoms with Crippen molar-refractivity contribution in [2.24, 2.45) is 0 Å². The van der Waals surface area contributed by atoms with Crippen molar-refractivity contribution in [1.82, 2.24) is 15.1 Å². The van der Waals surface area contributed by atoms with Gasteiger partial charge < -0.3 is 20.4 Å². The molecule has 114 valence electrons. The standard InChI is InChI=1S/C13H23N3O4/c1-13(20,8-11(17)18)9-14-12(19)16-6-4-15(5-7-16)10-2-3-10/h10,20H,2-9H2,1H3,(H,14,19)(H,17,18). The quantitative estimate of drug-likeness (QED) is 0.645. The highest BCUT2D eigenvalue weighted by molar-refractivity contribution is 5.74. The zero-order valence-electron chi connectivity index (χ0n) is 11.8. The van der Waals surface area contributed by atoms with Gasteiger partial charge in [0.1, 0.15) is 0 Å². The van der Waals surface area contributed by atoms with Crippen molar-refractivity contribution in [2.45, 2.75) is 37.8 Å². The third-order valence-electron chi connectivity index (χ3n) is 3.82. The first-order chi connectivity index (χ1) is 9.37. The van der Waals surface area contributed by atoms with Gasteiger partial charge in [-0.05, 0) is 19.8 Å². The van der Waals surface area contributed by atoms with Crippen LogP contribution in [0.15, 0.2) is 0 Å². The Labute approximate surface area is 118 Å². The van der Waals surface area contributed by atoms with Crippen molar-refractivity contribution in [3.63, 3.8) is 0 Å². The lowest BCUT2D eigenvalue weighted by atomic mass is 10.0. The highest BCUT2D eigenvalue weighted by Gasteiger charge is 2.32. The van der Waals surface area contributed by atoms with Gasteiger partial charge in [-0.2, -0.15) is 0 Å². The Morgan fingerprint density at radius 3 is 2.35 bits per heavy atom. The molecule has 0 aromatic carbocycles. The maximum atomic E-state index is 12.0. The molecule has 0 aromatic rings. The SMILES string of the molecule is CC(O)(CNC(=O)N1CCN(C2CC2)CC1)CC(=O)O. The van der Waals surface area contributed by atoms with Crippen LogP contribution in [-0.2, 0) is 4.79 Å². The van der Waals surface area contributed by atoms with E-state index in [0.717, 1.165) is 19.1 Å². The van der Waals surface area contributed by atoms with Gasteiger partial charge in [0.15, 0.2) is 0 Å². The fourth-order valence-electron chi connectivity index (χ4n) is 2.50. The Morgan fingerprint density at radius 2 is 1.85 bits per heavy atom. The van der Waals surface area contributed by atoms with Crippen molar-refractivity contribution in [3.05, 3.63) is 0 Å². The van der Waals surface area contributed by atoms with Crippen molar-refractivity contribution < 1.29 is 19.8 Å². The second-order valence-corrected chi connectivity index (χ2v) is 5.98. The molecular formula is C13H23N3O4. The highest BCUT2D eigenvalue weighted by atomic mass is 16.4.